The maximum atomic E-state index is 14.3. The number of rotatable bonds is 5. The predicted molar refractivity (Wildman–Crippen MR) is 153 cm³/mol. The molecule has 4 aromatic rings. The lowest BCUT2D eigenvalue weighted by Crippen LogP contribution is -2.48. The van der Waals surface area contributed by atoms with E-state index in [2.05, 4.69) is 6.07 Å². The molecule has 3 aliphatic rings. The molecule has 3 aliphatic heterocycles. The Morgan fingerprint density at radius 2 is 1.52 bits per heavy atom. The molecule has 2 fully saturated rings. The van der Waals surface area contributed by atoms with Crippen molar-refractivity contribution in [2.45, 2.75) is 12.1 Å². The number of ketones is 1. The largest absolute Gasteiger partial charge is 0.497 e. The third-order valence-corrected chi connectivity index (χ3v) is 8.37. The summed E-state index contributed by atoms with van der Waals surface area (Å²) >= 11 is 0. The Kier molecular flexibility index (Phi) is 5.49. The second kappa shape index (κ2) is 9.09. The highest BCUT2D eigenvalue weighted by Gasteiger charge is 2.64. The number of methoxy groups -OCH3 is 2. The fourth-order valence-corrected chi connectivity index (χ4v) is 6.61. The third-order valence-electron chi connectivity index (χ3n) is 8.37. The molecule has 0 bridgehead atoms. The number of carbonyl (C=O) groups is 3. The van der Waals surface area contributed by atoms with Crippen molar-refractivity contribution in [3.8, 4) is 11.5 Å². The number of carbonyl (C=O) groups excluding carboxylic acids is 3. The van der Waals surface area contributed by atoms with Crippen LogP contribution in [0, 0.1) is 11.8 Å². The number of amides is 2. The maximum Gasteiger partial charge on any atom is 0.240 e. The molecule has 2 saturated heterocycles. The van der Waals surface area contributed by atoms with Crippen molar-refractivity contribution in [1.82, 2.24) is 0 Å². The number of hydrogen-bond donors (Lipinski definition) is 0. The molecule has 0 radical (unpaired) electrons. The highest BCUT2D eigenvalue weighted by molar-refractivity contribution is 6.26. The molecule has 0 aliphatic carbocycles. The van der Waals surface area contributed by atoms with Crippen LogP contribution < -0.4 is 19.3 Å². The van der Waals surface area contributed by atoms with E-state index in [1.165, 1.54) is 19.1 Å². The summed E-state index contributed by atoms with van der Waals surface area (Å²) in [5.41, 5.74) is 2.64. The van der Waals surface area contributed by atoms with Gasteiger partial charge in [0.2, 0.25) is 11.8 Å². The van der Waals surface area contributed by atoms with Gasteiger partial charge in [0.1, 0.15) is 17.5 Å². The Morgan fingerprint density at radius 1 is 0.775 bits per heavy atom. The fourth-order valence-electron chi connectivity index (χ4n) is 6.61. The van der Waals surface area contributed by atoms with Gasteiger partial charge in [-0.3, -0.25) is 14.4 Å². The number of imide groups is 1. The topological polar surface area (TPSA) is 76.1 Å². The Hall–Kier alpha value is -4.91. The zero-order valence-corrected chi connectivity index (χ0v) is 22.0. The van der Waals surface area contributed by atoms with E-state index in [1.54, 1.807) is 30.3 Å². The second-order valence-electron chi connectivity index (χ2n) is 10.3. The first kappa shape index (κ1) is 24.2. The molecule has 0 spiro atoms. The second-order valence-corrected chi connectivity index (χ2v) is 10.3. The molecule has 0 aromatic heterocycles. The summed E-state index contributed by atoms with van der Waals surface area (Å²) in [7, 11) is 3.01. The first-order valence-corrected chi connectivity index (χ1v) is 13.2. The van der Waals surface area contributed by atoms with E-state index < -0.39 is 29.8 Å². The lowest BCUT2D eigenvalue weighted by atomic mass is 9.86. The number of ether oxygens (including phenoxy) is 2. The van der Waals surface area contributed by atoms with Gasteiger partial charge in [-0.15, -0.1) is 0 Å². The molecular formula is C33H26N2O5. The monoisotopic (exact) mass is 530 g/mol. The van der Waals surface area contributed by atoms with Gasteiger partial charge in [0, 0.05) is 22.9 Å². The van der Waals surface area contributed by atoms with Gasteiger partial charge in [0.25, 0.3) is 0 Å². The van der Waals surface area contributed by atoms with E-state index >= 15 is 0 Å². The van der Waals surface area contributed by atoms with Crippen molar-refractivity contribution >= 4 is 45.8 Å². The van der Waals surface area contributed by atoms with Crippen LogP contribution in [0.4, 0.5) is 11.4 Å². The standard InChI is InChI=1S/C33H26N2O5/c1-39-21-13-17-27(40-2)26(18-21)35-32(37)28-25-16-14-23-22-11-7-6-8-19(22)12-15-24(23)34(25)30(29(28)33(35)38)31(36)20-9-4-3-5-10-20/h3-18,25,28-30H,1-2H3/t25-,28+,29-,30+/m1/s1. The molecular weight excluding hydrogens is 504 g/mol. The number of anilines is 2. The first-order valence-electron chi connectivity index (χ1n) is 13.2. The Bertz CT molecular complexity index is 1730. The van der Waals surface area contributed by atoms with Crippen LogP contribution in [0.1, 0.15) is 15.9 Å². The number of hydrogen-bond acceptors (Lipinski definition) is 6. The minimum absolute atomic E-state index is 0.187. The molecule has 4 aromatic carbocycles. The van der Waals surface area contributed by atoms with Gasteiger partial charge in [-0.1, -0.05) is 72.8 Å². The maximum absolute atomic E-state index is 14.3. The van der Waals surface area contributed by atoms with Crippen molar-refractivity contribution < 1.29 is 23.9 Å². The molecule has 7 nitrogen and oxygen atoms in total. The van der Waals surface area contributed by atoms with E-state index in [-0.39, 0.29) is 11.7 Å². The average molecular weight is 531 g/mol. The molecule has 2 amide bonds. The van der Waals surface area contributed by atoms with Gasteiger partial charge in [-0.05, 0) is 29.0 Å². The SMILES string of the molecule is COc1ccc(OC)c(N2C(=O)[C@@H]3[C@@H](C2=O)[C@@H](C(=O)c2ccccc2)N2c4ccc5ccccc5c4C=C[C@H]32)c1. The molecule has 3 heterocycles. The predicted octanol–water partition coefficient (Wildman–Crippen LogP) is 5.13. The minimum atomic E-state index is -0.872. The molecule has 198 valence electrons. The molecule has 0 N–H and O–H groups in total. The van der Waals surface area contributed by atoms with E-state index in [9.17, 15) is 14.4 Å². The zero-order chi connectivity index (χ0) is 27.5. The average Bonchev–Trinajstić information content (AvgIpc) is 3.48. The van der Waals surface area contributed by atoms with Gasteiger partial charge in [-0.2, -0.15) is 0 Å². The Morgan fingerprint density at radius 3 is 2.30 bits per heavy atom. The van der Waals surface area contributed by atoms with Gasteiger partial charge in [-0.25, -0.2) is 4.90 Å². The van der Waals surface area contributed by atoms with Crippen molar-refractivity contribution in [3.63, 3.8) is 0 Å². The first-order chi connectivity index (χ1) is 19.5. The Labute approximate surface area is 231 Å². The quantitative estimate of drug-likeness (QED) is 0.263. The summed E-state index contributed by atoms with van der Waals surface area (Å²) in [6, 6.07) is 24.8. The lowest BCUT2D eigenvalue weighted by molar-refractivity contribution is -0.122. The van der Waals surface area contributed by atoms with E-state index in [4.69, 9.17) is 9.47 Å². The highest BCUT2D eigenvalue weighted by Crippen LogP contribution is 2.51. The molecule has 7 rings (SSSR count). The summed E-state index contributed by atoms with van der Waals surface area (Å²) in [4.78, 5) is 45.9. The van der Waals surface area contributed by atoms with Gasteiger partial charge >= 0.3 is 0 Å². The van der Waals surface area contributed by atoms with Crippen molar-refractivity contribution in [3.05, 3.63) is 102 Å². The van der Waals surface area contributed by atoms with Crippen LogP contribution >= 0.6 is 0 Å². The molecule has 40 heavy (non-hydrogen) atoms. The molecule has 7 heteroatoms. The van der Waals surface area contributed by atoms with E-state index in [0.717, 1.165) is 22.0 Å². The van der Waals surface area contributed by atoms with Crippen LogP contribution in [0.15, 0.2) is 91.0 Å². The van der Waals surface area contributed by atoms with E-state index in [0.29, 0.717) is 22.7 Å². The van der Waals surface area contributed by atoms with Crippen LogP contribution in [0.25, 0.3) is 16.8 Å². The van der Waals surface area contributed by atoms with Crippen molar-refractivity contribution in [2.75, 3.05) is 24.0 Å². The zero-order valence-electron chi connectivity index (χ0n) is 22.0. The van der Waals surface area contributed by atoms with E-state index in [1.807, 2.05) is 65.6 Å². The number of benzene rings is 4. The number of nitrogens with zero attached hydrogens (tertiary/aromatic N) is 2. The van der Waals surface area contributed by atoms with Gasteiger partial charge in [0.15, 0.2) is 5.78 Å². The summed E-state index contributed by atoms with van der Waals surface area (Å²) in [5, 5.41) is 2.14. The minimum Gasteiger partial charge on any atom is -0.497 e. The van der Waals surface area contributed by atoms with Crippen LogP contribution in [0.5, 0.6) is 11.5 Å². The summed E-state index contributed by atoms with van der Waals surface area (Å²) < 4.78 is 10.9. The normalized spacial score (nSPS) is 22.8. The molecule has 0 saturated carbocycles. The van der Waals surface area contributed by atoms with Crippen LogP contribution in [-0.4, -0.2) is 43.9 Å². The van der Waals surface area contributed by atoms with Gasteiger partial charge in [0.05, 0.1) is 37.8 Å². The summed E-state index contributed by atoms with van der Waals surface area (Å²) in [6.45, 7) is 0. The fraction of sp³-hybridized carbons (Fsp3) is 0.182. The van der Waals surface area contributed by atoms with Crippen LogP contribution in [0.2, 0.25) is 0 Å². The number of Topliss-reactive ketones (excluding diaryl/α,β-unsaturated/α-hetero) is 1. The van der Waals surface area contributed by atoms with Crippen molar-refractivity contribution in [1.29, 1.82) is 0 Å². The summed E-state index contributed by atoms with van der Waals surface area (Å²) in [6.07, 6.45) is 4.00. The lowest BCUT2D eigenvalue weighted by Gasteiger charge is -2.37. The van der Waals surface area contributed by atoms with Crippen LogP contribution in [-0.2, 0) is 9.59 Å². The third kappa shape index (κ3) is 3.33. The molecule has 0 unspecified atom stereocenters. The smallest absolute Gasteiger partial charge is 0.240 e. The molecule has 4 atom stereocenters. The van der Waals surface area contributed by atoms with Crippen LogP contribution in [0.3, 0.4) is 0 Å². The Balaban J connectivity index is 1.41. The number of fused-ring (bicyclic) bond motifs is 7. The summed E-state index contributed by atoms with van der Waals surface area (Å²) in [5.74, 6) is -1.70. The van der Waals surface area contributed by atoms with Crippen molar-refractivity contribution in [2.24, 2.45) is 11.8 Å². The van der Waals surface area contributed by atoms with Gasteiger partial charge < -0.3 is 14.4 Å². The highest BCUT2D eigenvalue weighted by atomic mass is 16.5.